The van der Waals surface area contributed by atoms with E-state index in [-0.39, 0.29) is 0 Å². The zero-order chi connectivity index (χ0) is 8.27. The molecule has 1 saturated carbocycles. The van der Waals surface area contributed by atoms with Gasteiger partial charge in [-0.15, -0.1) is 0 Å². The highest BCUT2D eigenvalue weighted by molar-refractivity contribution is 4.77. The molecule has 0 unspecified atom stereocenters. The predicted molar refractivity (Wildman–Crippen MR) is 50.6 cm³/mol. The van der Waals surface area contributed by atoms with Crippen molar-refractivity contribution in [3.05, 3.63) is 0 Å². The van der Waals surface area contributed by atoms with Crippen LogP contribution < -0.4 is 0 Å². The van der Waals surface area contributed by atoms with Crippen LogP contribution in [0.15, 0.2) is 0 Å². The molecule has 0 aromatic rings. The monoisotopic (exact) mass is 154 g/mol. The van der Waals surface area contributed by atoms with Crippen LogP contribution in [0.4, 0.5) is 0 Å². The van der Waals surface area contributed by atoms with E-state index in [1.807, 2.05) is 0 Å². The lowest BCUT2D eigenvalue weighted by Crippen LogP contribution is -2.23. The lowest BCUT2D eigenvalue weighted by molar-refractivity contribution is 0.169. The highest BCUT2D eigenvalue weighted by Gasteiger charge is 2.26. The van der Waals surface area contributed by atoms with Crippen LogP contribution in [-0.4, -0.2) is 0 Å². The lowest BCUT2D eigenvalue weighted by atomic mass is 9.71. The summed E-state index contributed by atoms with van der Waals surface area (Å²) in [6.45, 7) is 7.04. The number of hydrogen-bond acceptors (Lipinski definition) is 0. The van der Waals surface area contributed by atoms with Crippen LogP contribution in [0.2, 0.25) is 0 Å². The van der Waals surface area contributed by atoms with Crippen LogP contribution in [0.1, 0.15) is 52.9 Å². The summed E-state index contributed by atoms with van der Waals surface area (Å²) in [6.07, 6.45) is 7.31. The van der Waals surface area contributed by atoms with Crippen molar-refractivity contribution in [2.45, 2.75) is 52.9 Å². The number of hydrogen-bond donors (Lipinski definition) is 0. The Labute approximate surface area is 71.4 Å². The van der Waals surface area contributed by atoms with Crippen molar-refractivity contribution >= 4 is 0 Å². The highest BCUT2D eigenvalue weighted by Crippen LogP contribution is 2.38. The summed E-state index contributed by atoms with van der Waals surface area (Å²) >= 11 is 0. The van der Waals surface area contributed by atoms with Crippen molar-refractivity contribution in [2.75, 3.05) is 0 Å². The van der Waals surface area contributed by atoms with E-state index in [9.17, 15) is 0 Å². The molecule has 0 atom stereocenters. The van der Waals surface area contributed by atoms with Crippen LogP contribution in [0.5, 0.6) is 0 Å². The van der Waals surface area contributed by atoms with Crippen LogP contribution in [-0.2, 0) is 0 Å². The summed E-state index contributed by atoms with van der Waals surface area (Å²) in [7, 11) is 0. The molecule has 0 aromatic carbocycles. The second-order valence-electron chi connectivity index (χ2n) is 4.36. The Morgan fingerprint density at radius 3 is 2.09 bits per heavy atom. The molecule has 0 saturated heterocycles. The Kier molecular flexibility index (Phi) is 3.42. The van der Waals surface area contributed by atoms with Crippen molar-refractivity contribution in [2.24, 2.45) is 17.8 Å². The zero-order valence-electron chi connectivity index (χ0n) is 8.27. The van der Waals surface area contributed by atoms with Crippen molar-refractivity contribution in [1.29, 1.82) is 0 Å². The molecule has 0 nitrogen and oxygen atoms in total. The predicted octanol–water partition coefficient (Wildman–Crippen LogP) is 3.86. The normalized spacial score (nSPS) is 30.5. The fourth-order valence-electron chi connectivity index (χ4n) is 2.35. The first-order chi connectivity index (χ1) is 5.26. The Balaban J connectivity index is 2.09. The molecule has 0 bridgehead atoms. The van der Waals surface area contributed by atoms with Gasteiger partial charge in [0.05, 0.1) is 0 Å². The topological polar surface area (TPSA) is 0 Å². The summed E-state index contributed by atoms with van der Waals surface area (Å²) in [6, 6.07) is 0. The summed E-state index contributed by atoms with van der Waals surface area (Å²) in [5, 5.41) is 0. The molecule has 0 radical (unpaired) electrons. The van der Waals surface area contributed by atoms with Crippen LogP contribution >= 0.6 is 0 Å². The molecule has 0 heterocycles. The van der Waals surface area contributed by atoms with Crippen molar-refractivity contribution in [3.63, 3.8) is 0 Å². The quantitative estimate of drug-likeness (QED) is 0.577. The van der Waals surface area contributed by atoms with Crippen molar-refractivity contribution in [1.82, 2.24) is 0 Å². The third-order valence-corrected chi connectivity index (χ3v) is 3.29. The summed E-state index contributed by atoms with van der Waals surface area (Å²) in [5.74, 6) is 3.15. The largest absolute Gasteiger partial charge is 0.0651 e. The van der Waals surface area contributed by atoms with Gasteiger partial charge in [0.15, 0.2) is 0 Å². The number of rotatable bonds is 4. The average Bonchev–Trinajstić information content (AvgIpc) is 1.96. The van der Waals surface area contributed by atoms with Gasteiger partial charge in [-0.2, -0.15) is 0 Å². The smallest absolute Gasteiger partial charge is 0.0407 e. The maximum Gasteiger partial charge on any atom is -0.0407 e. The first-order valence-electron chi connectivity index (χ1n) is 5.26. The minimum absolute atomic E-state index is 1.02. The van der Waals surface area contributed by atoms with Gasteiger partial charge in [0.2, 0.25) is 0 Å². The molecule has 0 heteroatoms. The van der Waals surface area contributed by atoms with Crippen molar-refractivity contribution in [3.8, 4) is 0 Å². The van der Waals surface area contributed by atoms with Gasteiger partial charge in [-0.25, -0.2) is 0 Å². The summed E-state index contributed by atoms with van der Waals surface area (Å²) < 4.78 is 0. The Hall–Kier alpha value is 0. The van der Waals surface area contributed by atoms with E-state index < -0.39 is 0 Å². The molecule has 11 heavy (non-hydrogen) atoms. The van der Waals surface area contributed by atoms with E-state index in [0.717, 1.165) is 17.8 Å². The van der Waals surface area contributed by atoms with Gasteiger partial charge in [0.1, 0.15) is 0 Å². The standard InChI is InChI=1S/C11H22/c1-4-10(5-2)8-11-6-9(3)7-11/h9-11H,4-8H2,1-3H3. The minimum Gasteiger partial charge on any atom is -0.0651 e. The third-order valence-electron chi connectivity index (χ3n) is 3.29. The SMILES string of the molecule is CCC(CC)CC1CC(C)C1. The fraction of sp³-hybridized carbons (Fsp3) is 1.00. The van der Waals surface area contributed by atoms with Gasteiger partial charge in [-0.1, -0.05) is 33.6 Å². The molecular weight excluding hydrogens is 132 g/mol. The Morgan fingerprint density at radius 2 is 1.73 bits per heavy atom. The molecule has 0 aliphatic heterocycles. The van der Waals surface area contributed by atoms with E-state index in [1.54, 1.807) is 0 Å². The van der Waals surface area contributed by atoms with Crippen LogP contribution in [0, 0.1) is 17.8 Å². The molecule has 1 aliphatic rings. The van der Waals surface area contributed by atoms with E-state index in [1.165, 1.54) is 32.1 Å². The molecule has 1 aliphatic carbocycles. The second-order valence-corrected chi connectivity index (χ2v) is 4.36. The zero-order valence-corrected chi connectivity index (χ0v) is 8.27. The summed E-state index contributed by atoms with van der Waals surface area (Å²) in [4.78, 5) is 0. The van der Waals surface area contributed by atoms with Gasteiger partial charge < -0.3 is 0 Å². The molecule has 0 amide bonds. The fourth-order valence-corrected chi connectivity index (χ4v) is 2.35. The van der Waals surface area contributed by atoms with Gasteiger partial charge in [-0.05, 0) is 37.0 Å². The molecule has 1 fully saturated rings. The van der Waals surface area contributed by atoms with Gasteiger partial charge in [0, 0.05) is 0 Å². The maximum atomic E-state index is 2.38. The molecule has 0 spiro atoms. The van der Waals surface area contributed by atoms with Gasteiger partial charge in [-0.3, -0.25) is 0 Å². The molecule has 1 rings (SSSR count). The van der Waals surface area contributed by atoms with E-state index >= 15 is 0 Å². The molecule has 0 N–H and O–H groups in total. The van der Waals surface area contributed by atoms with Crippen molar-refractivity contribution < 1.29 is 0 Å². The minimum atomic E-state index is 1.02. The summed E-state index contributed by atoms with van der Waals surface area (Å²) in [5.41, 5.74) is 0. The molecule has 0 aromatic heterocycles. The molecular formula is C11H22. The third kappa shape index (κ3) is 2.50. The average molecular weight is 154 g/mol. The maximum absolute atomic E-state index is 2.38. The van der Waals surface area contributed by atoms with Crippen LogP contribution in [0.25, 0.3) is 0 Å². The Bertz CT molecular complexity index is 96.6. The van der Waals surface area contributed by atoms with Crippen LogP contribution in [0.3, 0.4) is 0 Å². The van der Waals surface area contributed by atoms with Gasteiger partial charge in [0.25, 0.3) is 0 Å². The Morgan fingerprint density at radius 1 is 1.18 bits per heavy atom. The van der Waals surface area contributed by atoms with Gasteiger partial charge >= 0.3 is 0 Å². The highest BCUT2D eigenvalue weighted by atomic mass is 14.3. The van der Waals surface area contributed by atoms with E-state index in [2.05, 4.69) is 20.8 Å². The molecule has 66 valence electrons. The first kappa shape index (κ1) is 9.09. The van der Waals surface area contributed by atoms with E-state index in [4.69, 9.17) is 0 Å². The van der Waals surface area contributed by atoms with E-state index in [0.29, 0.717) is 0 Å². The first-order valence-corrected chi connectivity index (χ1v) is 5.26. The second kappa shape index (κ2) is 4.13. The lowest BCUT2D eigenvalue weighted by Gasteiger charge is -2.34.